The Morgan fingerprint density at radius 2 is 1.92 bits per heavy atom. The summed E-state index contributed by atoms with van der Waals surface area (Å²) in [6.07, 6.45) is 8.40. The molecule has 52 heavy (non-hydrogen) atoms. The minimum absolute atomic E-state index is 0.0717. The summed E-state index contributed by atoms with van der Waals surface area (Å²) in [5.74, 6) is 1.50. The first-order chi connectivity index (χ1) is 25.2. The second kappa shape index (κ2) is 17.2. The largest absolute Gasteiger partial charge is 0.612 e. The van der Waals surface area contributed by atoms with E-state index in [1.807, 2.05) is 72.5 Å². The lowest BCUT2D eigenvalue weighted by Gasteiger charge is -2.34. The number of carbonyl (C=O) groups excluding carboxylic acids is 1. The summed E-state index contributed by atoms with van der Waals surface area (Å²) >= 11 is 11.8. The molecule has 1 amide bonds. The first-order valence-corrected chi connectivity index (χ1v) is 19.9. The van der Waals surface area contributed by atoms with Gasteiger partial charge < -0.3 is 24.1 Å². The molecule has 1 fully saturated rings. The molecule has 1 aliphatic heterocycles. The molecule has 0 unspecified atom stereocenters. The molecule has 8 nitrogen and oxygen atoms in total. The van der Waals surface area contributed by atoms with Gasteiger partial charge >= 0.3 is 0 Å². The van der Waals surface area contributed by atoms with Crippen LogP contribution in [0.25, 0.3) is 10.8 Å². The highest BCUT2D eigenvalue weighted by molar-refractivity contribution is 7.90. The van der Waals surface area contributed by atoms with Crippen molar-refractivity contribution in [3.63, 3.8) is 0 Å². The maximum atomic E-state index is 14.9. The molecule has 2 heterocycles. The van der Waals surface area contributed by atoms with E-state index in [9.17, 15) is 14.6 Å². The van der Waals surface area contributed by atoms with Crippen molar-refractivity contribution in [3.8, 4) is 11.8 Å². The molecule has 0 bridgehead atoms. The van der Waals surface area contributed by atoms with Crippen LogP contribution >= 0.6 is 23.2 Å². The number of aromatic nitrogens is 2. The number of nitrogens with one attached hydrogen (secondary N) is 1. The molecule has 11 heteroatoms. The zero-order valence-electron chi connectivity index (χ0n) is 29.7. The van der Waals surface area contributed by atoms with Crippen molar-refractivity contribution in [1.29, 1.82) is 5.26 Å². The fourth-order valence-corrected chi connectivity index (χ4v) is 8.63. The molecule has 270 valence electrons. The summed E-state index contributed by atoms with van der Waals surface area (Å²) in [5.41, 5.74) is 3.96. The lowest BCUT2D eigenvalue weighted by molar-refractivity contribution is 0.0723. The van der Waals surface area contributed by atoms with Crippen LogP contribution in [0.5, 0.6) is 5.75 Å². The Morgan fingerprint density at radius 1 is 1.13 bits per heavy atom. The minimum Gasteiger partial charge on any atom is -0.612 e. The van der Waals surface area contributed by atoms with Gasteiger partial charge in [-0.25, -0.2) is 4.98 Å². The van der Waals surface area contributed by atoms with Crippen molar-refractivity contribution >= 4 is 51.1 Å². The number of ether oxygens (including phenoxy) is 1. The number of imidazole rings is 1. The lowest BCUT2D eigenvalue weighted by atomic mass is 9.88. The summed E-state index contributed by atoms with van der Waals surface area (Å²) in [6.45, 7) is 5.29. The van der Waals surface area contributed by atoms with Gasteiger partial charge in [0, 0.05) is 36.5 Å². The van der Waals surface area contributed by atoms with E-state index in [-0.39, 0.29) is 18.4 Å². The molecule has 1 aliphatic rings. The van der Waals surface area contributed by atoms with E-state index in [0.29, 0.717) is 45.9 Å². The minimum atomic E-state index is -1.11. The number of hydrogen-bond acceptors (Lipinski definition) is 6. The number of aromatic amines is 1. The van der Waals surface area contributed by atoms with Crippen LogP contribution in [0.3, 0.4) is 0 Å². The van der Waals surface area contributed by atoms with E-state index >= 15 is 0 Å². The monoisotopic (exact) mass is 755 g/mol. The Kier molecular flexibility index (Phi) is 12.5. The third-order valence-electron chi connectivity index (χ3n) is 10.2. The molecule has 4 aromatic carbocycles. The number of H-pyrrole nitrogens is 1. The van der Waals surface area contributed by atoms with E-state index in [0.717, 1.165) is 77.0 Å². The number of piperidine rings is 1. The zero-order valence-corrected chi connectivity index (χ0v) is 32.0. The van der Waals surface area contributed by atoms with E-state index in [1.165, 1.54) is 0 Å². The van der Waals surface area contributed by atoms with Gasteiger partial charge in [-0.15, -0.1) is 0 Å². The molecule has 1 N–H and O–H groups in total. The summed E-state index contributed by atoms with van der Waals surface area (Å²) in [5, 5.41) is 12.7. The molecule has 0 saturated carbocycles. The number of fused-ring (bicyclic) bond motifs is 1. The van der Waals surface area contributed by atoms with Crippen LogP contribution in [-0.2, 0) is 24.1 Å². The Balaban J connectivity index is 1.28. The summed E-state index contributed by atoms with van der Waals surface area (Å²) in [4.78, 5) is 27.7. The van der Waals surface area contributed by atoms with Crippen LogP contribution in [-0.4, -0.2) is 69.8 Å². The van der Waals surface area contributed by atoms with Gasteiger partial charge in [0.25, 0.3) is 5.91 Å². The van der Waals surface area contributed by atoms with Crippen molar-refractivity contribution in [1.82, 2.24) is 19.8 Å². The third-order valence-corrected chi connectivity index (χ3v) is 11.9. The predicted octanol–water partition coefficient (Wildman–Crippen LogP) is 8.75. The Morgan fingerprint density at radius 3 is 2.60 bits per heavy atom. The lowest BCUT2D eigenvalue weighted by Crippen LogP contribution is -2.38. The van der Waals surface area contributed by atoms with Crippen LogP contribution in [0.2, 0.25) is 10.0 Å². The van der Waals surface area contributed by atoms with Crippen LogP contribution in [0.4, 0.5) is 0 Å². The highest BCUT2D eigenvalue weighted by Gasteiger charge is 2.30. The van der Waals surface area contributed by atoms with E-state index in [4.69, 9.17) is 27.9 Å². The van der Waals surface area contributed by atoms with Crippen LogP contribution in [0.15, 0.2) is 84.0 Å². The molecule has 2 atom stereocenters. The van der Waals surface area contributed by atoms with Gasteiger partial charge in [0.05, 0.1) is 40.9 Å². The maximum absolute atomic E-state index is 14.9. The smallest absolute Gasteiger partial charge is 0.255 e. The third kappa shape index (κ3) is 8.43. The molecule has 0 radical (unpaired) electrons. The van der Waals surface area contributed by atoms with Crippen molar-refractivity contribution in [3.05, 3.63) is 123 Å². The van der Waals surface area contributed by atoms with E-state index < -0.39 is 11.2 Å². The molecule has 5 aromatic rings. The standard InChI is InChI=1S/C41H43Cl2N5O3S/c1-4-33-31(24-44)21-29-7-5-6-8-35(29)40(33)41(49)48(26-39-45-16-17-46-39)25-30(28-9-12-36(42)37(43)22-28)15-20-47-18-13-27(14-19-47)34-11-10-32(51-2)23-38(34)52(3)50/h5-12,16-17,21-23,27,30H,4,13-15,18-20,25-26H2,1-3H3,(H,45,46)/t30-,52+/m1/s1. The van der Waals surface area contributed by atoms with Gasteiger partial charge in [-0.3, -0.25) is 4.79 Å². The Bertz CT molecular complexity index is 2060. The second-order valence-electron chi connectivity index (χ2n) is 13.3. The number of amides is 1. The Hall–Kier alpha value is -4.04. The molecular weight excluding hydrogens is 713 g/mol. The van der Waals surface area contributed by atoms with Crippen molar-refractivity contribution in [2.24, 2.45) is 0 Å². The number of nitriles is 1. The average molecular weight is 757 g/mol. The number of carbonyl (C=O) groups is 1. The van der Waals surface area contributed by atoms with Crippen molar-refractivity contribution < 1.29 is 14.1 Å². The maximum Gasteiger partial charge on any atom is 0.255 e. The number of likely N-dealkylation sites (tertiary alicyclic amines) is 1. The highest BCUT2D eigenvalue weighted by atomic mass is 35.5. The average Bonchev–Trinajstić information content (AvgIpc) is 3.69. The SMILES string of the molecule is CCc1c(C#N)cc2ccccc2c1C(=O)N(Cc1ncc[nH]1)C[C@@H](CCN1CCC(c2ccc(OC)cc2[S@+](C)[O-])CC1)c1ccc(Cl)c(Cl)c1. The molecule has 0 spiro atoms. The number of halogens is 2. The highest BCUT2D eigenvalue weighted by Crippen LogP contribution is 2.36. The van der Waals surface area contributed by atoms with Crippen LogP contribution < -0.4 is 4.74 Å². The topological polar surface area (TPSA) is 108 Å². The van der Waals surface area contributed by atoms with E-state index in [1.54, 1.807) is 25.8 Å². The number of methoxy groups -OCH3 is 1. The number of rotatable bonds is 13. The van der Waals surface area contributed by atoms with Crippen molar-refractivity contribution in [2.75, 3.05) is 39.5 Å². The Labute approximate surface area is 318 Å². The van der Waals surface area contributed by atoms with Crippen molar-refractivity contribution in [2.45, 2.75) is 55.9 Å². The number of benzene rings is 4. The van der Waals surface area contributed by atoms with Gasteiger partial charge in [-0.2, -0.15) is 5.26 Å². The fourth-order valence-electron chi connectivity index (χ4n) is 7.47. The van der Waals surface area contributed by atoms with Gasteiger partial charge in [-0.05, 0) is 109 Å². The first kappa shape index (κ1) is 37.7. The fraction of sp³-hybridized carbons (Fsp3) is 0.341. The number of hydrogen-bond donors (Lipinski definition) is 1. The molecular formula is C41H43Cl2N5O3S. The summed E-state index contributed by atoms with van der Waals surface area (Å²) < 4.78 is 18.0. The van der Waals surface area contributed by atoms with Crippen LogP contribution in [0, 0.1) is 11.3 Å². The van der Waals surface area contributed by atoms with Gasteiger partial charge in [0.2, 0.25) is 0 Å². The normalized spacial score (nSPS) is 14.9. The zero-order chi connectivity index (χ0) is 36.8. The molecule has 1 aromatic heterocycles. The van der Waals surface area contributed by atoms with Gasteiger partial charge in [0.1, 0.15) is 17.8 Å². The summed E-state index contributed by atoms with van der Waals surface area (Å²) in [6, 6.07) is 23.6. The molecule has 1 saturated heterocycles. The van der Waals surface area contributed by atoms with Crippen LogP contribution in [0.1, 0.15) is 76.5 Å². The second-order valence-corrected chi connectivity index (χ2v) is 15.5. The first-order valence-electron chi connectivity index (χ1n) is 17.6. The molecule has 0 aliphatic carbocycles. The van der Waals surface area contributed by atoms with E-state index in [2.05, 4.69) is 27.0 Å². The predicted molar refractivity (Wildman–Crippen MR) is 209 cm³/mol. The molecule has 6 rings (SSSR count). The van der Waals surface area contributed by atoms with Gasteiger partial charge in [0.15, 0.2) is 4.90 Å². The number of nitrogens with zero attached hydrogens (tertiary/aromatic N) is 4. The quantitative estimate of drug-likeness (QED) is 0.121. The summed E-state index contributed by atoms with van der Waals surface area (Å²) in [7, 11) is 1.63. The van der Waals surface area contributed by atoms with Gasteiger partial charge in [-0.1, -0.05) is 66.5 Å².